The van der Waals surface area contributed by atoms with Crippen molar-refractivity contribution >= 4 is 69.5 Å². The molecule has 0 bridgehead atoms. The topological polar surface area (TPSA) is 66.8 Å². The first-order chi connectivity index (χ1) is 10.3. The van der Waals surface area contributed by atoms with Crippen molar-refractivity contribution in [2.24, 2.45) is 0 Å². The van der Waals surface area contributed by atoms with E-state index in [1.807, 2.05) is 0 Å². The number of methoxy groups -OCH3 is 1. The van der Waals surface area contributed by atoms with Crippen LogP contribution in [0, 0.1) is 0 Å². The van der Waals surface area contributed by atoms with E-state index in [2.05, 4.69) is 0 Å². The maximum atomic E-state index is 12.1. The molecule has 0 atom stereocenters. The molecule has 0 radical (unpaired) electrons. The van der Waals surface area contributed by atoms with Crippen LogP contribution in [0.25, 0.3) is 6.08 Å². The van der Waals surface area contributed by atoms with Gasteiger partial charge in [0.1, 0.15) is 10.9 Å². The van der Waals surface area contributed by atoms with Gasteiger partial charge in [0.25, 0.3) is 5.91 Å². The zero-order valence-corrected chi connectivity index (χ0v) is 14.3. The summed E-state index contributed by atoms with van der Waals surface area (Å²) in [4.78, 5) is 24.2. The standard InChI is InChI=1S/C13H9Cl2NO4S2/c1-20-11-7(14)2-6(3-8(11)15)4-9-12(19)16(5-10(17)18)13(21)22-9/h2-4H,5H2,1H3,(H,17,18)/b9-4+. The first kappa shape index (κ1) is 17.1. The van der Waals surface area contributed by atoms with Gasteiger partial charge in [0, 0.05) is 0 Å². The molecular weight excluding hydrogens is 369 g/mol. The number of carboxylic acids is 1. The van der Waals surface area contributed by atoms with Gasteiger partial charge in [0.15, 0.2) is 5.75 Å². The first-order valence-corrected chi connectivity index (χ1v) is 7.81. The van der Waals surface area contributed by atoms with Crippen LogP contribution in [0.1, 0.15) is 5.56 Å². The summed E-state index contributed by atoms with van der Waals surface area (Å²) in [5.41, 5.74) is 0.589. The number of carbonyl (C=O) groups excluding carboxylic acids is 1. The lowest BCUT2D eigenvalue weighted by Gasteiger charge is -2.10. The average molecular weight is 378 g/mol. The van der Waals surface area contributed by atoms with E-state index in [4.69, 9.17) is 45.3 Å². The van der Waals surface area contributed by atoms with E-state index in [0.717, 1.165) is 16.7 Å². The van der Waals surface area contributed by atoms with Crippen LogP contribution in [0.4, 0.5) is 0 Å². The van der Waals surface area contributed by atoms with Gasteiger partial charge in [-0.25, -0.2) is 0 Å². The molecule has 22 heavy (non-hydrogen) atoms. The SMILES string of the molecule is COc1c(Cl)cc(/C=C2/SC(=S)N(CC(=O)O)C2=O)cc1Cl. The van der Waals surface area contributed by atoms with Crippen molar-refractivity contribution < 1.29 is 19.4 Å². The number of hydrogen-bond acceptors (Lipinski definition) is 5. The third kappa shape index (κ3) is 3.55. The molecule has 0 unspecified atom stereocenters. The number of carboxylic acid groups (broad SMARTS) is 1. The number of amides is 1. The van der Waals surface area contributed by atoms with E-state index in [1.165, 1.54) is 7.11 Å². The zero-order chi connectivity index (χ0) is 16.4. The van der Waals surface area contributed by atoms with Gasteiger partial charge in [0.2, 0.25) is 0 Å². The minimum Gasteiger partial charge on any atom is -0.494 e. The van der Waals surface area contributed by atoms with Crippen molar-refractivity contribution in [1.82, 2.24) is 4.90 Å². The highest BCUT2D eigenvalue weighted by molar-refractivity contribution is 8.26. The lowest BCUT2D eigenvalue weighted by atomic mass is 10.2. The van der Waals surface area contributed by atoms with Crippen molar-refractivity contribution in [3.05, 3.63) is 32.6 Å². The number of thiocarbonyl (C=S) groups is 1. The van der Waals surface area contributed by atoms with Gasteiger partial charge >= 0.3 is 5.97 Å². The Kier molecular flexibility index (Phi) is 5.33. The Morgan fingerprint density at radius 1 is 1.45 bits per heavy atom. The van der Waals surface area contributed by atoms with Crippen molar-refractivity contribution in [2.75, 3.05) is 13.7 Å². The highest BCUT2D eigenvalue weighted by atomic mass is 35.5. The van der Waals surface area contributed by atoms with E-state index >= 15 is 0 Å². The monoisotopic (exact) mass is 377 g/mol. The predicted molar refractivity (Wildman–Crippen MR) is 90.5 cm³/mol. The van der Waals surface area contributed by atoms with Crippen LogP contribution in [-0.4, -0.2) is 39.9 Å². The number of aliphatic carboxylic acids is 1. The van der Waals surface area contributed by atoms with Crippen molar-refractivity contribution in [3.8, 4) is 5.75 Å². The van der Waals surface area contributed by atoms with Gasteiger partial charge in [-0.1, -0.05) is 47.2 Å². The Balaban J connectivity index is 2.33. The van der Waals surface area contributed by atoms with Crippen molar-refractivity contribution in [2.45, 2.75) is 0 Å². The van der Waals surface area contributed by atoms with E-state index < -0.39 is 18.4 Å². The molecule has 1 aliphatic heterocycles. The summed E-state index contributed by atoms with van der Waals surface area (Å²) >= 11 is 18.1. The van der Waals surface area contributed by atoms with Crippen LogP contribution >= 0.6 is 47.2 Å². The molecule has 1 aromatic rings. The molecule has 1 aliphatic rings. The largest absolute Gasteiger partial charge is 0.494 e. The molecule has 9 heteroatoms. The normalized spacial score (nSPS) is 16.5. The number of halogens is 2. The predicted octanol–water partition coefficient (Wildman–Crippen LogP) is 3.29. The maximum Gasteiger partial charge on any atom is 0.323 e. The summed E-state index contributed by atoms with van der Waals surface area (Å²) in [5.74, 6) is -1.24. The number of nitrogens with zero attached hydrogens (tertiary/aromatic N) is 1. The third-order valence-electron chi connectivity index (χ3n) is 2.69. The minimum atomic E-state index is -1.13. The van der Waals surface area contributed by atoms with Gasteiger partial charge in [-0.05, 0) is 23.8 Å². The summed E-state index contributed by atoms with van der Waals surface area (Å²) < 4.78 is 5.25. The maximum absolute atomic E-state index is 12.1. The van der Waals surface area contributed by atoms with Crippen LogP contribution in [0.2, 0.25) is 10.0 Å². The van der Waals surface area contributed by atoms with Crippen LogP contribution in [-0.2, 0) is 9.59 Å². The third-order valence-corrected chi connectivity index (χ3v) is 4.63. The summed E-state index contributed by atoms with van der Waals surface area (Å²) in [6, 6.07) is 3.19. The van der Waals surface area contributed by atoms with E-state index in [0.29, 0.717) is 26.3 Å². The molecule has 0 aromatic heterocycles. The molecule has 1 heterocycles. The lowest BCUT2D eigenvalue weighted by Crippen LogP contribution is -2.33. The summed E-state index contributed by atoms with van der Waals surface area (Å²) in [7, 11) is 1.45. The molecule has 116 valence electrons. The molecule has 2 rings (SSSR count). The van der Waals surface area contributed by atoms with Crippen molar-refractivity contribution in [3.63, 3.8) is 0 Å². The Morgan fingerprint density at radius 2 is 2.05 bits per heavy atom. The number of ether oxygens (including phenoxy) is 1. The first-order valence-electron chi connectivity index (χ1n) is 5.83. The number of benzene rings is 1. The Morgan fingerprint density at radius 3 is 2.55 bits per heavy atom. The summed E-state index contributed by atoms with van der Waals surface area (Å²) in [6.45, 7) is -0.466. The fourth-order valence-electron chi connectivity index (χ4n) is 1.78. The van der Waals surface area contributed by atoms with Gasteiger partial charge < -0.3 is 9.84 Å². The zero-order valence-electron chi connectivity index (χ0n) is 11.1. The van der Waals surface area contributed by atoms with Gasteiger partial charge in [-0.2, -0.15) is 0 Å². The van der Waals surface area contributed by atoms with E-state index in [1.54, 1.807) is 18.2 Å². The Hall–Kier alpha value is -1.28. The fourth-order valence-corrected chi connectivity index (χ4v) is 3.69. The quantitative estimate of drug-likeness (QED) is 0.641. The minimum absolute atomic E-state index is 0.198. The summed E-state index contributed by atoms with van der Waals surface area (Å²) in [5, 5.41) is 9.40. The fraction of sp³-hybridized carbons (Fsp3) is 0.154. The van der Waals surface area contributed by atoms with Gasteiger partial charge in [0.05, 0.1) is 22.1 Å². The molecule has 0 saturated carbocycles. The molecule has 5 nitrogen and oxygen atoms in total. The number of thioether (sulfide) groups is 1. The molecule has 1 saturated heterocycles. The smallest absolute Gasteiger partial charge is 0.323 e. The van der Waals surface area contributed by atoms with Crippen LogP contribution in [0.5, 0.6) is 5.75 Å². The van der Waals surface area contributed by atoms with Gasteiger partial charge in [-0.3, -0.25) is 14.5 Å². The molecule has 0 aliphatic carbocycles. The van der Waals surface area contributed by atoms with Crippen LogP contribution in [0.15, 0.2) is 17.0 Å². The van der Waals surface area contributed by atoms with Crippen molar-refractivity contribution in [1.29, 1.82) is 0 Å². The summed E-state index contributed by atoms with van der Waals surface area (Å²) in [6.07, 6.45) is 1.55. The number of hydrogen-bond donors (Lipinski definition) is 1. The Labute approximate surface area is 145 Å². The lowest BCUT2D eigenvalue weighted by molar-refractivity contribution is -0.140. The molecule has 0 spiro atoms. The second-order valence-electron chi connectivity index (χ2n) is 4.18. The van der Waals surface area contributed by atoms with Gasteiger partial charge in [-0.15, -0.1) is 0 Å². The average Bonchev–Trinajstić information content (AvgIpc) is 2.66. The molecule has 1 N–H and O–H groups in total. The highest BCUT2D eigenvalue weighted by Gasteiger charge is 2.33. The van der Waals surface area contributed by atoms with E-state index in [-0.39, 0.29) is 4.32 Å². The second kappa shape index (κ2) is 6.87. The Bertz CT molecular complexity index is 682. The second-order valence-corrected chi connectivity index (χ2v) is 6.67. The molecular formula is C13H9Cl2NO4S2. The number of carbonyl (C=O) groups is 2. The molecule has 1 amide bonds. The van der Waals surface area contributed by atoms with Crippen LogP contribution in [0.3, 0.4) is 0 Å². The number of rotatable bonds is 4. The highest BCUT2D eigenvalue weighted by Crippen LogP contribution is 2.37. The molecule has 1 aromatic carbocycles. The van der Waals surface area contributed by atoms with E-state index in [9.17, 15) is 9.59 Å². The van der Waals surface area contributed by atoms with Crippen LogP contribution < -0.4 is 4.74 Å². The molecule has 1 fully saturated rings.